The third-order valence-corrected chi connectivity index (χ3v) is 2.76. The number of carboxylic acid groups (broad SMARTS) is 1. The second kappa shape index (κ2) is 5.42. The first-order valence-electron chi connectivity index (χ1n) is 5.41. The van der Waals surface area contributed by atoms with E-state index in [1.165, 1.54) is 6.07 Å². The predicted molar refractivity (Wildman–Crippen MR) is 72.9 cm³/mol. The zero-order chi connectivity index (χ0) is 13.8. The first-order valence-corrected chi connectivity index (χ1v) is 5.78. The van der Waals surface area contributed by atoms with Gasteiger partial charge in [0.2, 0.25) is 0 Å². The molecule has 0 aliphatic heterocycles. The van der Waals surface area contributed by atoms with E-state index < -0.39 is 5.97 Å². The normalized spacial score (nSPS) is 9.68. The van der Waals surface area contributed by atoms with E-state index >= 15 is 0 Å². The molecule has 2 N–H and O–H groups in total. The van der Waals surface area contributed by atoms with Gasteiger partial charge in [-0.25, -0.2) is 4.79 Å². The van der Waals surface area contributed by atoms with E-state index in [0.717, 1.165) is 0 Å². The van der Waals surface area contributed by atoms with Crippen LogP contribution in [-0.4, -0.2) is 11.1 Å². The van der Waals surface area contributed by atoms with Gasteiger partial charge in [0.1, 0.15) is 6.07 Å². The number of nitrogens with one attached hydrogen (secondary N) is 1. The van der Waals surface area contributed by atoms with Crippen molar-refractivity contribution in [2.45, 2.75) is 0 Å². The number of nitrogens with zero attached hydrogens (tertiary/aromatic N) is 1. The number of aromatic carboxylic acids is 1. The second-order valence-electron chi connectivity index (χ2n) is 3.78. The number of hydrogen-bond donors (Lipinski definition) is 2. The van der Waals surface area contributed by atoms with Gasteiger partial charge >= 0.3 is 5.97 Å². The quantitative estimate of drug-likeness (QED) is 0.894. The fraction of sp³-hybridized carbons (Fsp3) is 0. The Hall–Kier alpha value is -2.51. The number of nitriles is 1. The monoisotopic (exact) mass is 272 g/mol. The number of rotatable bonds is 3. The maximum atomic E-state index is 11.1. The Morgan fingerprint density at radius 1 is 1.21 bits per heavy atom. The zero-order valence-electron chi connectivity index (χ0n) is 9.72. The van der Waals surface area contributed by atoms with E-state index in [4.69, 9.17) is 22.0 Å². The van der Waals surface area contributed by atoms with Gasteiger partial charge in [0, 0.05) is 5.02 Å². The molecule has 0 fully saturated rings. The zero-order valence-corrected chi connectivity index (χ0v) is 10.5. The number of anilines is 2. The van der Waals surface area contributed by atoms with Crippen LogP contribution in [0.3, 0.4) is 0 Å². The molecule has 0 spiro atoms. The molecule has 4 nitrogen and oxygen atoms in total. The molecule has 19 heavy (non-hydrogen) atoms. The average molecular weight is 273 g/mol. The SMILES string of the molecule is N#Cc1ccc(Cl)cc1Nc1ccccc1C(=O)O. The summed E-state index contributed by atoms with van der Waals surface area (Å²) in [6.07, 6.45) is 0. The Balaban J connectivity index is 2.45. The lowest BCUT2D eigenvalue weighted by Crippen LogP contribution is -2.03. The summed E-state index contributed by atoms with van der Waals surface area (Å²) in [6, 6.07) is 13.3. The van der Waals surface area contributed by atoms with Crippen molar-refractivity contribution in [1.82, 2.24) is 0 Å². The van der Waals surface area contributed by atoms with Crippen LogP contribution in [0.15, 0.2) is 42.5 Å². The first-order chi connectivity index (χ1) is 9.11. The maximum absolute atomic E-state index is 11.1. The molecule has 2 aromatic rings. The van der Waals surface area contributed by atoms with Crippen LogP contribution in [0.5, 0.6) is 0 Å². The van der Waals surface area contributed by atoms with Gasteiger partial charge in [-0.1, -0.05) is 23.7 Å². The largest absolute Gasteiger partial charge is 0.478 e. The molecule has 0 aromatic heterocycles. The Labute approximate surface area is 114 Å². The number of benzene rings is 2. The molecule has 0 bridgehead atoms. The molecular formula is C14H9ClN2O2. The highest BCUT2D eigenvalue weighted by molar-refractivity contribution is 6.30. The smallest absolute Gasteiger partial charge is 0.337 e. The van der Waals surface area contributed by atoms with Gasteiger partial charge in [-0.15, -0.1) is 0 Å². The number of hydrogen-bond acceptors (Lipinski definition) is 3. The second-order valence-corrected chi connectivity index (χ2v) is 4.21. The number of halogens is 1. The molecule has 0 heterocycles. The van der Waals surface area contributed by atoms with Crippen LogP contribution in [0, 0.1) is 11.3 Å². The summed E-state index contributed by atoms with van der Waals surface area (Å²) in [5.41, 5.74) is 1.41. The van der Waals surface area contributed by atoms with E-state index in [1.54, 1.807) is 36.4 Å². The molecule has 0 atom stereocenters. The molecule has 2 rings (SSSR count). The minimum atomic E-state index is -1.04. The topological polar surface area (TPSA) is 73.1 Å². The summed E-state index contributed by atoms with van der Waals surface area (Å²) in [5.74, 6) is -1.04. The standard InChI is InChI=1S/C14H9ClN2O2/c15-10-6-5-9(8-16)13(7-10)17-12-4-2-1-3-11(12)14(18)19/h1-7,17H,(H,18,19). The highest BCUT2D eigenvalue weighted by atomic mass is 35.5. The van der Waals surface area contributed by atoms with Crippen molar-refractivity contribution in [3.05, 3.63) is 58.6 Å². The first kappa shape index (κ1) is 12.9. The predicted octanol–water partition coefficient (Wildman–Crippen LogP) is 3.65. The summed E-state index contributed by atoms with van der Waals surface area (Å²) >= 11 is 5.88. The molecule has 2 aromatic carbocycles. The molecule has 0 saturated heterocycles. The van der Waals surface area contributed by atoms with Crippen molar-refractivity contribution in [2.24, 2.45) is 0 Å². The van der Waals surface area contributed by atoms with Gasteiger partial charge in [0.25, 0.3) is 0 Å². The van der Waals surface area contributed by atoms with Crippen LogP contribution in [0.1, 0.15) is 15.9 Å². The van der Waals surface area contributed by atoms with Gasteiger partial charge in [-0.05, 0) is 30.3 Å². The summed E-state index contributed by atoms with van der Waals surface area (Å²) in [5, 5.41) is 21.5. The lowest BCUT2D eigenvalue weighted by atomic mass is 10.1. The summed E-state index contributed by atoms with van der Waals surface area (Å²) < 4.78 is 0. The lowest BCUT2D eigenvalue weighted by Gasteiger charge is -2.11. The minimum Gasteiger partial charge on any atom is -0.478 e. The molecule has 0 aliphatic rings. The van der Waals surface area contributed by atoms with Crippen LogP contribution in [0.25, 0.3) is 0 Å². The van der Waals surface area contributed by atoms with E-state index in [0.29, 0.717) is 22.0 Å². The summed E-state index contributed by atoms with van der Waals surface area (Å²) in [4.78, 5) is 11.1. The molecule has 94 valence electrons. The number of para-hydroxylation sites is 1. The highest BCUT2D eigenvalue weighted by Gasteiger charge is 2.11. The Kier molecular flexibility index (Phi) is 3.69. The molecular weight excluding hydrogens is 264 g/mol. The van der Waals surface area contributed by atoms with Crippen molar-refractivity contribution < 1.29 is 9.90 Å². The van der Waals surface area contributed by atoms with Crippen molar-refractivity contribution in [3.63, 3.8) is 0 Å². The van der Waals surface area contributed by atoms with Crippen LogP contribution in [-0.2, 0) is 0 Å². The van der Waals surface area contributed by atoms with E-state index in [-0.39, 0.29) is 5.56 Å². The van der Waals surface area contributed by atoms with Gasteiger partial charge in [0.15, 0.2) is 0 Å². The molecule has 0 unspecified atom stereocenters. The van der Waals surface area contributed by atoms with E-state index in [9.17, 15) is 4.79 Å². The fourth-order valence-electron chi connectivity index (χ4n) is 1.64. The van der Waals surface area contributed by atoms with Crippen molar-refractivity contribution in [1.29, 1.82) is 5.26 Å². The summed E-state index contributed by atoms with van der Waals surface area (Å²) in [7, 11) is 0. The minimum absolute atomic E-state index is 0.131. The molecule has 0 amide bonds. The lowest BCUT2D eigenvalue weighted by molar-refractivity contribution is 0.0698. The third-order valence-electron chi connectivity index (χ3n) is 2.53. The highest BCUT2D eigenvalue weighted by Crippen LogP contribution is 2.26. The molecule has 0 radical (unpaired) electrons. The van der Waals surface area contributed by atoms with E-state index in [1.807, 2.05) is 6.07 Å². The number of carboxylic acids is 1. The van der Waals surface area contributed by atoms with Crippen molar-refractivity contribution in [3.8, 4) is 6.07 Å². The molecule has 0 aliphatic carbocycles. The summed E-state index contributed by atoms with van der Waals surface area (Å²) in [6.45, 7) is 0. The van der Waals surface area contributed by atoms with E-state index in [2.05, 4.69) is 5.32 Å². The van der Waals surface area contributed by atoms with Crippen molar-refractivity contribution in [2.75, 3.05) is 5.32 Å². The van der Waals surface area contributed by atoms with Crippen LogP contribution >= 0.6 is 11.6 Å². The van der Waals surface area contributed by atoms with Crippen LogP contribution < -0.4 is 5.32 Å². The van der Waals surface area contributed by atoms with Crippen molar-refractivity contribution >= 4 is 28.9 Å². The average Bonchev–Trinajstić information content (AvgIpc) is 2.39. The van der Waals surface area contributed by atoms with Gasteiger partial charge in [-0.3, -0.25) is 0 Å². The van der Waals surface area contributed by atoms with Crippen LogP contribution in [0.2, 0.25) is 5.02 Å². The van der Waals surface area contributed by atoms with Crippen LogP contribution in [0.4, 0.5) is 11.4 Å². The van der Waals surface area contributed by atoms with Gasteiger partial charge in [-0.2, -0.15) is 5.26 Å². The Morgan fingerprint density at radius 3 is 2.63 bits per heavy atom. The molecule has 5 heteroatoms. The maximum Gasteiger partial charge on any atom is 0.337 e. The third kappa shape index (κ3) is 2.84. The van der Waals surface area contributed by atoms with Gasteiger partial charge in [0.05, 0.1) is 22.5 Å². The Morgan fingerprint density at radius 2 is 1.95 bits per heavy atom. The fourth-order valence-corrected chi connectivity index (χ4v) is 1.81. The van der Waals surface area contributed by atoms with Gasteiger partial charge < -0.3 is 10.4 Å². The molecule has 0 saturated carbocycles. The Bertz CT molecular complexity index is 677. The number of carbonyl (C=O) groups is 1.